The highest BCUT2D eigenvalue weighted by molar-refractivity contribution is 5.79. The summed E-state index contributed by atoms with van der Waals surface area (Å²) in [5.74, 6) is 0.738. The molecule has 0 spiro atoms. The van der Waals surface area contributed by atoms with E-state index >= 15 is 0 Å². The molecule has 6 heteroatoms. The van der Waals surface area contributed by atoms with Gasteiger partial charge in [0.1, 0.15) is 0 Å². The summed E-state index contributed by atoms with van der Waals surface area (Å²) in [6.07, 6.45) is 0.957. The molecule has 134 valence electrons. The Morgan fingerprint density at radius 2 is 1.88 bits per heavy atom. The maximum Gasteiger partial charge on any atom is 0.216 e. The van der Waals surface area contributed by atoms with Crippen molar-refractivity contribution >= 4 is 11.9 Å². The molecule has 1 aromatic rings. The number of nitrogens with one attached hydrogen (secondary N) is 3. The van der Waals surface area contributed by atoms with Crippen molar-refractivity contribution in [1.82, 2.24) is 16.0 Å². The molecule has 0 aliphatic heterocycles. The lowest BCUT2D eigenvalue weighted by Gasteiger charge is -2.13. The average molecular weight is 334 g/mol. The number of hydrogen-bond donors (Lipinski definition) is 3. The summed E-state index contributed by atoms with van der Waals surface area (Å²) in [4.78, 5) is 15.3. The van der Waals surface area contributed by atoms with Crippen LogP contribution in [0.3, 0.4) is 0 Å². The molecular weight excluding hydrogens is 304 g/mol. The van der Waals surface area contributed by atoms with Gasteiger partial charge in [0.25, 0.3) is 0 Å². The lowest BCUT2D eigenvalue weighted by Crippen LogP contribution is -2.41. The second-order valence-electron chi connectivity index (χ2n) is 5.45. The third kappa shape index (κ3) is 9.15. The van der Waals surface area contributed by atoms with Crippen LogP contribution in [0.2, 0.25) is 0 Å². The minimum atomic E-state index is -0.0246. The molecule has 1 unspecified atom stereocenters. The molecule has 6 nitrogen and oxygen atoms in total. The molecule has 24 heavy (non-hydrogen) atoms. The summed E-state index contributed by atoms with van der Waals surface area (Å²) in [6.45, 7) is 8.98. The fourth-order valence-corrected chi connectivity index (χ4v) is 2.10. The number of amides is 1. The van der Waals surface area contributed by atoms with Gasteiger partial charge in [-0.2, -0.15) is 0 Å². The number of nitrogens with zero attached hydrogens (tertiary/aromatic N) is 1. The zero-order valence-electron chi connectivity index (χ0n) is 15.0. The first-order chi connectivity index (χ1) is 11.6. The van der Waals surface area contributed by atoms with E-state index in [1.54, 1.807) is 0 Å². The zero-order chi connectivity index (χ0) is 17.6. The normalized spacial score (nSPS) is 12.5. The van der Waals surface area contributed by atoms with Crippen LogP contribution in [0.1, 0.15) is 38.9 Å². The largest absolute Gasteiger partial charge is 0.374 e. The van der Waals surface area contributed by atoms with Crippen LogP contribution in [0.4, 0.5) is 0 Å². The lowest BCUT2D eigenvalue weighted by molar-refractivity contribution is -0.118. The van der Waals surface area contributed by atoms with Crippen molar-refractivity contribution in [2.24, 2.45) is 4.99 Å². The number of aliphatic imine (C=N–C) groups is 1. The number of carbonyl (C=O) groups is 1. The van der Waals surface area contributed by atoms with Crippen molar-refractivity contribution in [2.75, 3.05) is 32.8 Å². The summed E-state index contributed by atoms with van der Waals surface area (Å²) < 4.78 is 5.84. The average Bonchev–Trinajstić information content (AvgIpc) is 2.58. The van der Waals surface area contributed by atoms with Gasteiger partial charge in [0, 0.05) is 39.7 Å². The topological polar surface area (TPSA) is 74.8 Å². The fourth-order valence-electron chi connectivity index (χ4n) is 2.10. The van der Waals surface area contributed by atoms with Gasteiger partial charge in [0.2, 0.25) is 5.91 Å². The highest BCUT2D eigenvalue weighted by Crippen LogP contribution is 2.15. The predicted octanol–water partition coefficient (Wildman–Crippen LogP) is 1.85. The predicted molar refractivity (Wildman–Crippen MR) is 98.1 cm³/mol. The van der Waals surface area contributed by atoms with Gasteiger partial charge in [0.05, 0.1) is 6.10 Å². The first-order valence-corrected chi connectivity index (χ1v) is 8.56. The molecule has 0 fully saturated rings. The quantitative estimate of drug-likeness (QED) is 0.347. The Kier molecular flexibility index (Phi) is 10.3. The van der Waals surface area contributed by atoms with Gasteiger partial charge in [0.15, 0.2) is 5.96 Å². The summed E-state index contributed by atoms with van der Waals surface area (Å²) >= 11 is 0. The summed E-state index contributed by atoms with van der Waals surface area (Å²) in [7, 11) is 0. The van der Waals surface area contributed by atoms with Gasteiger partial charge in [-0.1, -0.05) is 30.3 Å². The highest BCUT2D eigenvalue weighted by atomic mass is 16.5. The number of hydrogen-bond acceptors (Lipinski definition) is 3. The summed E-state index contributed by atoms with van der Waals surface area (Å²) in [6, 6.07) is 10.2. The number of ether oxygens (including phenoxy) is 1. The van der Waals surface area contributed by atoms with E-state index in [4.69, 9.17) is 4.74 Å². The van der Waals surface area contributed by atoms with Crippen molar-refractivity contribution in [3.05, 3.63) is 35.9 Å². The van der Waals surface area contributed by atoms with Crippen molar-refractivity contribution in [3.8, 4) is 0 Å². The molecule has 0 bridgehead atoms. The number of rotatable bonds is 10. The van der Waals surface area contributed by atoms with Gasteiger partial charge in [-0.25, -0.2) is 0 Å². The van der Waals surface area contributed by atoms with Crippen LogP contribution in [0.15, 0.2) is 35.3 Å². The Labute approximate surface area is 145 Å². The fraction of sp³-hybridized carbons (Fsp3) is 0.556. The van der Waals surface area contributed by atoms with Gasteiger partial charge >= 0.3 is 0 Å². The van der Waals surface area contributed by atoms with Crippen molar-refractivity contribution in [3.63, 3.8) is 0 Å². The number of benzene rings is 1. The Bertz CT molecular complexity index is 491. The van der Waals surface area contributed by atoms with Crippen molar-refractivity contribution in [2.45, 2.75) is 33.3 Å². The Morgan fingerprint density at radius 1 is 1.17 bits per heavy atom. The van der Waals surface area contributed by atoms with Crippen LogP contribution >= 0.6 is 0 Å². The number of carbonyl (C=O) groups excluding carboxylic acids is 1. The van der Waals surface area contributed by atoms with Gasteiger partial charge < -0.3 is 20.7 Å². The molecule has 1 rings (SSSR count). The molecular formula is C18H30N4O2. The van der Waals surface area contributed by atoms with E-state index in [0.717, 1.165) is 18.9 Å². The standard InChI is InChI=1S/C18H30N4O2/c1-4-19-18(22-13-12-20-16(3)23)21-11-8-14-24-15(2)17-9-6-5-7-10-17/h5-7,9-10,15H,4,8,11-14H2,1-3H3,(H,20,23)(H2,19,21,22). The van der Waals surface area contributed by atoms with Crippen molar-refractivity contribution < 1.29 is 9.53 Å². The first kappa shape index (κ1) is 20.0. The highest BCUT2D eigenvalue weighted by Gasteiger charge is 2.04. The Morgan fingerprint density at radius 3 is 2.54 bits per heavy atom. The third-order valence-electron chi connectivity index (χ3n) is 3.34. The van der Waals surface area contributed by atoms with Crippen LogP contribution in [-0.2, 0) is 9.53 Å². The second kappa shape index (κ2) is 12.4. The molecule has 0 aliphatic carbocycles. The van der Waals surface area contributed by atoms with E-state index in [0.29, 0.717) is 26.2 Å². The van der Waals surface area contributed by atoms with E-state index in [1.165, 1.54) is 12.5 Å². The van der Waals surface area contributed by atoms with E-state index < -0.39 is 0 Å². The maximum atomic E-state index is 10.8. The summed E-state index contributed by atoms with van der Waals surface area (Å²) in [5.41, 5.74) is 1.19. The van der Waals surface area contributed by atoms with Crippen LogP contribution in [0.5, 0.6) is 0 Å². The van der Waals surface area contributed by atoms with Gasteiger partial charge in [-0.05, 0) is 25.8 Å². The van der Waals surface area contributed by atoms with Crippen LogP contribution in [0.25, 0.3) is 0 Å². The Balaban J connectivity index is 2.22. The second-order valence-corrected chi connectivity index (χ2v) is 5.45. The van der Waals surface area contributed by atoms with E-state index in [1.807, 2.05) is 25.1 Å². The zero-order valence-corrected chi connectivity index (χ0v) is 15.0. The maximum absolute atomic E-state index is 10.8. The van der Waals surface area contributed by atoms with Crippen LogP contribution in [-0.4, -0.2) is 44.7 Å². The van der Waals surface area contributed by atoms with Crippen molar-refractivity contribution in [1.29, 1.82) is 0 Å². The van der Waals surface area contributed by atoms with Gasteiger partial charge in [-0.15, -0.1) is 0 Å². The number of guanidine groups is 1. The molecule has 0 saturated carbocycles. The third-order valence-corrected chi connectivity index (χ3v) is 3.34. The monoisotopic (exact) mass is 334 g/mol. The van der Waals surface area contributed by atoms with Gasteiger partial charge in [-0.3, -0.25) is 9.79 Å². The van der Waals surface area contributed by atoms with Crippen LogP contribution in [0, 0.1) is 0 Å². The summed E-state index contributed by atoms with van der Waals surface area (Å²) in [5, 5.41) is 9.11. The molecule has 0 aliphatic rings. The molecule has 3 N–H and O–H groups in total. The molecule has 1 atom stereocenters. The Hall–Kier alpha value is -2.08. The molecule has 0 radical (unpaired) electrons. The minimum Gasteiger partial charge on any atom is -0.374 e. The molecule has 1 amide bonds. The molecule has 1 aromatic carbocycles. The van der Waals surface area contributed by atoms with Crippen LogP contribution < -0.4 is 16.0 Å². The minimum absolute atomic E-state index is 0.0246. The molecule has 0 saturated heterocycles. The lowest BCUT2D eigenvalue weighted by atomic mass is 10.1. The first-order valence-electron chi connectivity index (χ1n) is 8.56. The van der Waals surface area contributed by atoms with E-state index in [9.17, 15) is 4.79 Å². The smallest absolute Gasteiger partial charge is 0.216 e. The molecule has 0 aromatic heterocycles. The molecule has 0 heterocycles. The van der Waals surface area contributed by atoms with E-state index in [-0.39, 0.29) is 12.0 Å². The SMILES string of the molecule is CCNC(=NCCCOC(C)c1ccccc1)NCCNC(C)=O. The van der Waals surface area contributed by atoms with E-state index in [2.05, 4.69) is 40.0 Å².